The first-order valence-corrected chi connectivity index (χ1v) is 3.52. The van der Waals surface area contributed by atoms with E-state index in [0.717, 1.165) is 0 Å². The SMILES string of the molecule is O=C(O)N[C@H]1CNCC(F)C1. The normalized spacial score (nSPS) is 31.4. The molecule has 1 fully saturated rings. The van der Waals surface area contributed by atoms with Crippen molar-refractivity contribution in [2.75, 3.05) is 13.1 Å². The van der Waals surface area contributed by atoms with E-state index >= 15 is 0 Å². The number of carboxylic acid groups (broad SMARTS) is 1. The highest BCUT2D eigenvalue weighted by molar-refractivity contribution is 5.64. The molecule has 5 heteroatoms. The number of piperidine rings is 1. The third-order valence-electron chi connectivity index (χ3n) is 1.62. The van der Waals surface area contributed by atoms with Gasteiger partial charge in [0.1, 0.15) is 6.17 Å². The molecule has 11 heavy (non-hydrogen) atoms. The summed E-state index contributed by atoms with van der Waals surface area (Å²) in [6, 6.07) is -0.281. The fraction of sp³-hybridized carbons (Fsp3) is 0.833. The van der Waals surface area contributed by atoms with Gasteiger partial charge in [0.15, 0.2) is 0 Å². The van der Waals surface area contributed by atoms with Gasteiger partial charge in [0.25, 0.3) is 0 Å². The summed E-state index contributed by atoms with van der Waals surface area (Å²) < 4.78 is 12.6. The van der Waals surface area contributed by atoms with Crippen molar-refractivity contribution < 1.29 is 14.3 Å². The maximum atomic E-state index is 12.6. The van der Waals surface area contributed by atoms with Crippen LogP contribution in [0.25, 0.3) is 0 Å². The third kappa shape index (κ3) is 2.71. The summed E-state index contributed by atoms with van der Waals surface area (Å²) in [5.41, 5.74) is 0. The number of rotatable bonds is 1. The monoisotopic (exact) mass is 162 g/mol. The van der Waals surface area contributed by atoms with E-state index in [4.69, 9.17) is 5.11 Å². The highest BCUT2D eigenvalue weighted by Gasteiger charge is 2.21. The highest BCUT2D eigenvalue weighted by Crippen LogP contribution is 2.05. The smallest absolute Gasteiger partial charge is 0.404 e. The van der Waals surface area contributed by atoms with Gasteiger partial charge in [0.2, 0.25) is 0 Å². The van der Waals surface area contributed by atoms with E-state index in [9.17, 15) is 9.18 Å². The van der Waals surface area contributed by atoms with Crippen molar-refractivity contribution in [3.8, 4) is 0 Å². The highest BCUT2D eigenvalue weighted by atomic mass is 19.1. The van der Waals surface area contributed by atoms with Gasteiger partial charge in [-0.25, -0.2) is 9.18 Å². The summed E-state index contributed by atoms with van der Waals surface area (Å²) in [4.78, 5) is 10.1. The van der Waals surface area contributed by atoms with E-state index in [-0.39, 0.29) is 12.5 Å². The van der Waals surface area contributed by atoms with Gasteiger partial charge in [-0.15, -0.1) is 0 Å². The molecule has 3 N–H and O–H groups in total. The molecule has 0 bridgehead atoms. The lowest BCUT2D eigenvalue weighted by atomic mass is 10.1. The zero-order valence-electron chi connectivity index (χ0n) is 6.01. The van der Waals surface area contributed by atoms with Crippen LogP contribution in [0, 0.1) is 0 Å². The summed E-state index contributed by atoms with van der Waals surface area (Å²) >= 11 is 0. The van der Waals surface area contributed by atoms with Crippen LogP contribution in [0.3, 0.4) is 0 Å². The van der Waals surface area contributed by atoms with Gasteiger partial charge >= 0.3 is 6.09 Å². The molecule has 1 rings (SSSR count). The van der Waals surface area contributed by atoms with Crippen molar-refractivity contribution in [2.24, 2.45) is 0 Å². The van der Waals surface area contributed by atoms with Crippen LogP contribution in [0.5, 0.6) is 0 Å². The molecule has 1 amide bonds. The van der Waals surface area contributed by atoms with E-state index in [0.29, 0.717) is 13.1 Å². The quantitative estimate of drug-likeness (QED) is 0.506. The molecule has 0 aliphatic carbocycles. The number of nitrogens with one attached hydrogen (secondary N) is 2. The average Bonchev–Trinajstić information content (AvgIpc) is 1.85. The van der Waals surface area contributed by atoms with Crippen molar-refractivity contribution >= 4 is 6.09 Å². The number of alkyl halides is 1. The molecular weight excluding hydrogens is 151 g/mol. The van der Waals surface area contributed by atoms with Crippen LogP contribution >= 0.6 is 0 Å². The maximum Gasteiger partial charge on any atom is 0.404 e. The molecule has 0 saturated carbocycles. The molecule has 0 radical (unpaired) electrons. The van der Waals surface area contributed by atoms with Crippen LogP contribution in [0.4, 0.5) is 9.18 Å². The lowest BCUT2D eigenvalue weighted by molar-refractivity contribution is 0.177. The Hall–Kier alpha value is -0.840. The van der Waals surface area contributed by atoms with E-state index in [1.54, 1.807) is 0 Å². The van der Waals surface area contributed by atoms with Crippen molar-refractivity contribution in [1.82, 2.24) is 10.6 Å². The van der Waals surface area contributed by atoms with E-state index in [2.05, 4.69) is 10.6 Å². The summed E-state index contributed by atoms with van der Waals surface area (Å²) in [6.07, 6.45) is -1.74. The van der Waals surface area contributed by atoms with Gasteiger partial charge < -0.3 is 15.7 Å². The Balaban J connectivity index is 2.28. The molecule has 64 valence electrons. The molecule has 1 unspecified atom stereocenters. The van der Waals surface area contributed by atoms with Crippen molar-refractivity contribution in [1.29, 1.82) is 0 Å². The summed E-state index contributed by atoms with van der Waals surface area (Å²) in [5.74, 6) is 0. The molecule has 1 aliphatic heterocycles. The van der Waals surface area contributed by atoms with Crippen LogP contribution in [-0.2, 0) is 0 Å². The van der Waals surface area contributed by atoms with Gasteiger partial charge in [-0.2, -0.15) is 0 Å². The molecule has 0 aromatic carbocycles. The van der Waals surface area contributed by atoms with Gasteiger partial charge in [0, 0.05) is 25.6 Å². The number of carbonyl (C=O) groups is 1. The second kappa shape index (κ2) is 3.52. The first kappa shape index (κ1) is 8.26. The lowest BCUT2D eigenvalue weighted by Crippen LogP contribution is -2.49. The molecule has 4 nitrogen and oxygen atoms in total. The molecule has 0 aromatic heterocycles. The topological polar surface area (TPSA) is 61.4 Å². The molecular formula is C6H11FN2O2. The standard InChI is InChI=1S/C6H11FN2O2/c7-4-1-5(3-8-2-4)9-6(10)11/h4-5,8-9H,1-3H2,(H,10,11)/t4?,5-/m1/s1. The van der Waals surface area contributed by atoms with Crippen molar-refractivity contribution in [2.45, 2.75) is 18.6 Å². The molecule has 0 aromatic rings. The van der Waals surface area contributed by atoms with E-state index < -0.39 is 12.3 Å². The number of hydrogen-bond donors (Lipinski definition) is 3. The zero-order valence-corrected chi connectivity index (χ0v) is 6.01. The van der Waals surface area contributed by atoms with Crippen LogP contribution < -0.4 is 10.6 Å². The second-order valence-corrected chi connectivity index (χ2v) is 2.64. The number of halogens is 1. The minimum Gasteiger partial charge on any atom is -0.465 e. The average molecular weight is 162 g/mol. The molecule has 2 atom stereocenters. The van der Waals surface area contributed by atoms with E-state index in [1.807, 2.05) is 0 Å². The molecule has 1 aliphatic rings. The Kier molecular flexibility index (Phi) is 2.64. The molecule has 1 saturated heterocycles. The first-order chi connectivity index (χ1) is 5.18. The van der Waals surface area contributed by atoms with Crippen LogP contribution in [0.1, 0.15) is 6.42 Å². The Bertz CT molecular complexity index is 154. The van der Waals surface area contributed by atoms with Gasteiger partial charge in [-0.1, -0.05) is 0 Å². The summed E-state index contributed by atoms with van der Waals surface area (Å²) in [5, 5.41) is 13.3. The Morgan fingerprint density at radius 1 is 1.64 bits per heavy atom. The number of amides is 1. The minimum atomic E-state index is -1.09. The fourth-order valence-electron chi connectivity index (χ4n) is 1.17. The zero-order chi connectivity index (χ0) is 8.27. The maximum absolute atomic E-state index is 12.6. The second-order valence-electron chi connectivity index (χ2n) is 2.64. The Labute approximate surface area is 63.8 Å². The number of hydrogen-bond acceptors (Lipinski definition) is 2. The predicted octanol–water partition coefficient (Wildman–Crippen LogP) is -0.0460. The summed E-state index contributed by atoms with van der Waals surface area (Å²) in [7, 11) is 0. The molecule has 0 spiro atoms. The van der Waals surface area contributed by atoms with Gasteiger partial charge in [-0.3, -0.25) is 0 Å². The van der Waals surface area contributed by atoms with Crippen LogP contribution in [0.15, 0.2) is 0 Å². The van der Waals surface area contributed by atoms with Crippen molar-refractivity contribution in [3.63, 3.8) is 0 Å². The predicted molar refractivity (Wildman–Crippen MR) is 37.3 cm³/mol. The molecule has 1 heterocycles. The van der Waals surface area contributed by atoms with Gasteiger partial charge in [0.05, 0.1) is 0 Å². The van der Waals surface area contributed by atoms with Gasteiger partial charge in [-0.05, 0) is 0 Å². The minimum absolute atomic E-state index is 0.277. The third-order valence-corrected chi connectivity index (χ3v) is 1.62. The largest absolute Gasteiger partial charge is 0.465 e. The Morgan fingerprint density at radius 2 is 2.36 bits per heavy atom. The lowest BCUT2D eigenvalue weighted by Gasteiger charge is -2.25. The van der Waals surface area contributed by atoms with Crippen LogP contribution in [-0.4, -0.2) is 36.5 Å². The summed E-state index contributed by atoms with van der Waals surface area (Å²) in [6.45, 7) is 0.852. The first-order valence-electron chi connectivity index (χ1n) is 3.52. The Morgan fingerprint density at radius 3 is 2.91 bits per heavy atom. The fourth-order valence-corrected chi connectivity index (χ4v) is 1.17. The van der Waals surface area contributed by atoms with E-state index in [1.165, 1.54) is 0 Å². The van der Waals surface area contributed by atoms with Crippen molar-refractivity contribution in [3.05, 3.63) is 0 Å². The van der Waals surface area contributed by atoms with Crippen LogP contribution in [0.2, 0.25) is 0 Å².